The lowest BCUT2D eigenvalue weighted by Gasteiger charge is -2.54. The average molecular weight is 275 g/mol. The topological polar surface area (TPSA) is 64.1 Å². The summed E-state index contributed by atoms with van der Waals surface area (Å²) in [5, 5.41) is 9.75. The van der Waals surface area contributed by atoms with Gasteiger partial charge in [-0.25, -0.2) is 4.98 Å². The van der Waals surface area contributed by atoms with Gasteiger partial charge in [0.15, 0.2) is 0 Å². The van der Waals surface area contributed by atoms with Gasteiger partial charge < -0.3 is 15.4 Å². The van der Waals surface area contributed by atoms with Crippen molar-refractivity contribution >= 4 is 0 Å². The van der Waals surface area contributed by atoms with Crippen LogP contribution in [0.1, 0.15) is 43.9 Å². The first-order chi connectivity index (χ1) is 9.72. The van der Waals surface area contributed by atoms with Gasteiger partial charge in [-0.2, -0.15) is 0 Å². The van der Waals surface area contributed by atoms with E-state index >= 15 is 0 Å². The maximum absolute atomic E-state index is 9.75. The second-order valence-corrected chi connectivity index (χ2v) is 7.34. The van der Waals surface area contributed by atoms with E-state index in [2.05, 4.69) is 9.55 Å². The van der Waals surface area contributed by atoms with Gasteiger partial charge in [-0.15, -0.1) is 0 Å². The Morgan fingerprint density at radius 2 is 1.85 bits per heavy atom. The third-order valence-electron chi connectivity index (χ3n) is 6.06. The van der Waals surface area contributed by atoms with E-state index in [1.165, 1.54) is 32.1 Å². The van der Waals surface area contributed by atoms with Gasteiger partial charge in [0.1, 0.15) is 6.10 Å². The van der Waals surface area contributed by atoms with Crippen molar-refractivity contribution in [1.29, 1.82) is 0 Å². The number of rotatable bonds is 4. The highest BCUT2D eigenvalue weighted by molar-refractivity contribution is 5.03. The van der Waals surface area contributed by atoms with Gasteiger partial charge in [0.05, 0.1) is 12.0 Å². The molecule has 1 atom stereocenters. The zero-order valence-electron chi connectivity index (χ0n) is 12.0. The van der Waals surface area contributed by atoms with Crippen molar-refractivity contribution in [3.8, 4) is 0 Å². The average Bonchev–Trinajstić information content (AvgIpc) is 2.90. The van der Waals surface area contributed by atoms with E-state index in [0.717, 1.165) is 41.8 Å². The van der Waals surface area contributed by atoms with Gasteiger partial charge in [0, 0.05) is 19.3 Å². The van der Waals surface area contributed by atoms with Crippen molar-refractivity contribution in [3.05, 3.63) is 18.2 Å². The van der Waals surface area contributed by atoms with Crippen molar-refractivity contribution in [3.63, 3.8) is 0 Å². The number of aliphatic hydroxyl groups is 1. The number of hydrogen-bond acceptors (Lipinski definition) is 3. The monoisotopic (exact) mass is 275 g/mol. The summed E-state index contributed by atoms with van der Waals surface area (Å²) >= 11 is 0. The molecule has 0 aromatic carbocycles. The number of nitrogens with zero attached hydrogens (tertiary/aromatic N) is 2. The molecule has 1 aromatic heterocycles. The Labute approximate surface area is 120 Å². The summed E-state index contributed by atoms with van der Waals surface area (Å²) in [5.74, 6) is 4.78. The van der Waals surface area contributed by atoms with E-state index in [4.69, 9.17) is 5.73 Å². The number of aromatic nitrogens is 2. The molecule has 4 bridgehead atoms. The molecule has 1 unspecified atom stereocenters. The quantitative estimate of drug-likeness (QED) is 0.882. The molecule has 4 fully saturated rings. The smallest absolute Gasteiger partial charge is 0.110 e. The molecule has 20 heavy (non-hydrogen) atoms. The summed E-state index contributed by atoms with van der Waals surface area (Å²) in [6.45, 7) is 1.33. The first-order valence-electron chi connectivity index (χ1n) is 8.12. The number of hydrogen-bond donors (Lipinski definition) is 2. The molecule has 110 valence electrons. The molecule has 1 heterocycles. The van der Waals surface area contributed by atoms with Gasteiger partial charge in [0.25, 0.3) is 0 Å². The molecule has 4 saturated carbocycles. The predicted octanol–water partition coefficient (Wildman–Crippen LogP) is 1.95. The number of nitrogens with two attached hydrogens (primary N) is 1. The third kappa shape index (κ3) is 2.09. The fourth-order valence-corrected chi connectivity index (χ4v) is 5.35. The van der Waals surface area contributed by atoms with Crippen molar-refractivity contribution in [1.82, 2.24) is 9.55 Å². The summed E-state index contributed by atoms with van der Waals surface area (Å²) in [6.07, 6.45) is 10.6. The second kappa shape index (κ2) is 4.85. The molecule has 4 aliphatic rings. The Bertz CT molecular complexity index is 456. The fourth-order valence-electron chi connectivity index (χ4n) is 5.35. The van der Waals surface area contributed by atoms with E-state index in [9.17, 15) is 5.11 Å². The number of aliphatic hydroxyl groups excluding tert-OH is 1. The van der Waals surface area contributed by atoms with Crippen LogP contribution < -0.4 is 5.73 Å². The molecule has 0 radical (unpaired) electrons. The van der Waals surface area contributed by atoms with E-state index < -0.39 is 6.10 Å². The minimum atomic E-state index is -0.616. The van der Waals surface area contributed by atoms with Gasteiger partial charge in [-0.05, 0) is 61.7 Å². The highest BCUT2D eigenvalue weighted by Gasteiger charge is 2.47. The lowest BCUT2D eigenvalue weighted by Crippen LogP contribution is -2.46. The van der Waals surface area contributed by atoms with Crippen LogP contribution in [0.5, 0.6) is 0 Å². The van der Waals surface area contributed by atoms with Crippen LogP contribution in [0, 0.1) is 29.6 Å². The number of imidazole rings is 1. The van der Waals surface area contributed by atoms with Crippen LogP contribution in [-0.4, -0.2) is 21.2 Å². The molecular weight excluding hydrogens is 250 g/mol. The van der Waals surface area contributed by atoms with Gasteiger partial charge in [0.2, 0.25) is 0 Å². The van der Waals surface area contributed by atoms with Crippen molar-refractivity contribution in [2.75, 3.05) is 6.54 Å². The first kappa shape index (κ1) is 12.8. The predicted molar refractivity (Wildman–Crippen MR) is 76.8 cm³/mol. The van der Waals surface area contributed by atoms with Crippen LogP contribution in [-0.2, 0) is 6.54 Å². The third-order valence-corrected chi connectivity index (χ3v) is 6.06. The molecule has 3 N–H and O–H groups in total. The summed E-state index contributed by atoms with van der Waals surface area (Å²) in [6, 6.07) is 0. The van der Waals surface area contributed by atoms with E-state index in [1.54, 1.807) is 0 Å². The van der Waals surface area contributed by atoms with Crippen molar-refractivity contribution in [2.45, 2.75) is 44.8 Å². The second-order valence-electron chi connectivity index (χ2n) is 7.34. The first-order valence-corrected chi connectivity index (χ1v) is 8.12. The fraction of sp³-hybridized carbons (Fsp3) is 0.812. The highest BCUT2D eigenvalue weighted by atomic mass is 16.3. The Morgan fingerprint density at radius 3 is 2.45 bits per heavy atom. The van der Waals surface area contributed by atoms with Crippen LogP contribution in [0.4, 0.5) is 0 Å². The highest BCUT2D eigenvalue weighted by Crippen LogP contribution is 2.56. The summed E-state index contributed by atoms with van der Waals surface area (Å²) in [4.78, 5) is 4.30. The zero-order valence-corrected chi connectivity index (χ0v) is 12.0. The van der Waals surface area contributed by atoms with Crippen molar-refractivity contribution in [2.24, 2.45) is 35.3 Å². The van der Waals surface area contributed by atoms with Crippen LogP contribution in [0.2, 0.25) is 0 Å². The maximum atomic E-state index is 9.75. The Hall–Kier alpha value is -0.870. The summed E-state index contributed by atoms with van der Waals surface area (Å²) in [5.41, 5.74) is 6.21. The lowest BCUT2D eigenvalue weighted by molar-refractivity contribution is -0.0430. The largest absolute Gasteiger partial charge is 0.385 e. The Morgan fingerprint density at radius 1 is 1.20 bits per heavy atom. The molecule has 0 amide bonds. The molecular formula is C16H25N3O. The molecule has 0 aliphatic heterocycles. The van der Waals surface area contributed by atoms with Gasteiger partial charge in [-0.1, -0.05) is 0 Å². The lowest BCUT2D eigenvalue weighted by atomic mass is 9.52. The standard InChI is InChI=1S/C16H25N3O/c17-6-16(20)15-8-19(9-18-15)7-14-12-2-10-1-11(4-12)5-13(14)3-10/h8-14,16,20H,1-7,17H2. The Kier molecular flexibility index (Phi) is 3.11. The summed E-state index contributed by atoms with van der Waals surface area (Å²) in [7, 11) is 0. The van der Waals surface area contributed by atoms with Gasteiger partial charge in [-0.3, -0.25) is 0 Å². The minimum Gasteiger partial charge on any atom is -0.385 e. The van der Waals surface area contributed by atoms with E-state index in [1.807, 2.05) is 12.5 Å². The minimum absolute atomic E-state index is 0.245. The molecule has 4 nitrogen and oxygen atoms in total. The molecule has 0 spiro atoms. The van der Waals surface area contributed by atoms with Crippen LogP contribution in [0.25, 0.3) is 0 Å². The van der Waals surface area contributed by atoms with Crippen LogP contribution in [0.15, 0.2) is 12.5 Å². The molecule has 4 heteroatoms. The SMILES string of the molecule is NCC(O)c1cn(CC2C3CC4CC(C3)CC2C4)cn1. The molecule has 1 aromatic rings. The van der Waals surface area contributed by atoms with E-state index in [-0.39, 0.29) is 6.54 Å². The van der Waals surface area contributed by atoms with Crippen molar-refractivity contribution < 1.29 is 5.11 Å². The molecule has 4 aliphatic carbocycles. The van der Waals surface area contributed by atoms with Gasteiger partial charge >= 0.3 is 0 Å². The van der Waals surface area contributed by atoms with Crippen LogP contribution >= 0.6 is 0 Å². The zero-order chi connectivity index (χ0) is 13.7. The summed E-state index contributed by atoms with van der Waals surface area (Å²) < 4.78 is 2.18. The Balaban J connectivity index is 1.48. The molecule has 0 saturated heterocycles. The maximum Gasteiger partial charge on any atom is 0.110 e. The van der Waals surface area contributed by atoms with E-state index in [0.29, 0.717) is 0 Å². The normalized spacial score (nSPS) is 40.2. The van der Waals surface area contributed by atoms with Crippen LogP contribution in [0.3, 0.4) is 0 Å². The molecule has 5 rings (SSSR count).